The molecule has 1 saturated heterocycles. The van der Waals surface area contributed by atoms with Crippen molar-refractivity contribution < 1.29 is 28.8 Å². The van der Waals surface area contributed by atoms with Gasteiger partial charge in [0.25, 0.3) is 0 Å². The Labute approximate surface area is 165 Å². The van der Waals surface area contributed by atoms with Crippen LogP contribution in [-0.4, -0.2) is 68.8 Å². The monoisotopic (exact) mass is 390 g/mol. The lowest BCUT2D eigenvalue weighted by molar-refractivity contribution is -0.312. The van der Waals surface area contributed by atoms with Crippen LogP contribution in [0.2, 0.25) is 0 Å². The first-order valence-electron chi connectivity index (χ1n) is 11.0. The molecule has 1 fully saturated rings. The van der Waals surface area contributed by atoms with Gasteiger partial charge in [-0.25, -0.2) is 0 Å². The molecule has 1 aliphatic rings. The molecule has 0 saturated carbocycles. The summed E-state index contributed by atoms with van der Waals surface area (Å²) >= 11 is 0. The van der Waals surface area contributed by atoms with Crippen molar-refractivity contribution in [3.63, 3.8) is 0 Å². The van der Waals surface area contributed by atoms with Gasteiger partial charge in [-0.3, -0.25) is 0 Å². The minimum absolute atomic E-state index is 0.305. The topological polar surface area (TPSA) is 66.4 Å². The zero-order valence-electron chi connectivity index (χ0n) is 17.9. The predicted molar refractivity (Wildman–Crippen MR) is 106 cm³/mol. The van der Waals surface area contributed by atoms with Gasteiger partial charge in [-0.2, -0.15) is 0 Å². The lowest BCUT2D eigenvalue weighted by Gasteiger charge is -2.44. The second-order valence-electron chi connectivity index (χ2n) is 7.21. The van der Waals surface area contributed by atoms with Gasteiger partial charge >= 0.3 is 0 Å². The van der Waals surface area contributed by atoms with Crippen LogP contribution in [0.25, 0.3) is 0 Å². The maximum absolute atomic E-state index is 10.6. The first-order chi connectivity index (χ1) is 13.2. The summed E-state index contributed by atoms with van der Waals surface area (Å²) < 4.78 is 29.9. The van der Waals surface area contributed by atoms with E-state index in [1.807, 2.05) is 0 Å². The smallest absolute Gasteiger partial charge is 0.184 e. The molecule has 0 aromatic heterocycles. The van der Waals surface area contributed by atoms with Gasteiger partial charge in [-0.15, -0.1) is 0 Å². The van der Waals surface area contributed by atoms with Crippen LogP contribution in [0.3, 0.4) is 0 Å². The Kier molecular flexibility index (Phi) is 14.4. The molecule has 0 radical (unpaired) electrons. The van der Waals surface area contributed by atoms with Gasteiger partial charge in [-0.05, 0) is 25.7 Å². The van der Waals surface area contributed by atoms with E-state index in [1.165, 1.54) is 0 Å². The van der Waals surface area contributed by atoms with Crippen molar-refractivity contribution in [1.82, 2.24) is 0 Å². The number of unbranched alkanes of at least 4 members (excludes halogenated alkanes) is 3. The fraction of sp³-hybridized carbons (Fsp3) is 1.00. The average molecular weight is 391 g/mol. The van der Waals surface area contributed by atoms with Crippen LogP contribution >= 0.6 is 0 Å². The fourth-order valence-electron chi connectivity index (χ4n) is 3.03. The van der Waals surface area contributed by atoms with E-state index in [0.29, 0.717) is 33.0 Å². The molecule has 3 unspecified atom stereocenters. The zero-order chi connectivity index (χ0) is 19.9. The third-order valence-electron chi connectivity index (χ3n) is 4.66. The summed E-state index contributed by atoms with van der Waals surface area (Å²) in [7, 11) is 0. The Hall–Kier alpha value is -0.240. The largest absolute Gasteiger partial charge is 0.379 e. The molecule has 0 spiro atoms. The van der Waals surface area contributed by atoms with Crippen LogP contribution in [0.4, 0.5) is 0 Å². The fourth-order valence-corrected chi connectivity index (χ4v) is 3.03. The summed E-state index contributed by atoms with van der Waals surface area (Å²) in [6.45, 7) is 11.3. The molecule has 0 bridgehead atoms. The summed E-state index contributed by atoms with van der Waals surface area (Å²) in [6.07, 6.45) is 4.38. The van der Waals surface area contributed by atoms with Crippen LogP contribution in [-0.2, 0) is 23.7 Å². The van der Waals surface area contributed by atoms with E-state index >= 15 is 0 Å². The summed E-state index contributed by atoms with van der Waals surface area (Å²) in [6, 6.07) is 0. The highest BCUT2D eigenvalue weighted by Crippen LogP contribution is 2.28. The van der Waals surface area contributed by atoms with Crippen molar-refractivity contribution in [2.24, 2.45) is 0 Å². The van der Waals surface area contributed by atoms with Crippen LogP contribution in [0.5, 0.6) is 0 Å². The molecule has 0 amide bonds. The number of ether oxygens (including phenoxy) is 5. The second kappa shape index (κ2) is 15.7. The summed E-state index contributed by atoms with van der Waals surface area (Å²) in [5, 5.41) is 10.6. The molecule has 6 heteroatoms. The van der Waals surface area contributed by atoms with E-state index in [0.717, 1.165) is 44.9 Å². The molecule has 27 heavy (non-hydrogen) atoms. The Bertz CT molecular complexity index is 341. The third-order valence-corrected chi connectivity index (χ3v) is 4.66. The second-order valence-corrected chi connectivity index (χ2v) is 7.21. The number of aliphatic hydroxyl groups excluding tert-OH is 1. The van der Waals surface area contributed by atoms with Gasteiger partial charge in [0.2, 0.25) is 0 Å². The Morgan fingerprint density at radius 2 is 1.19 bits per heavy atom. The molecule has 5 atom stereocenters. The van der Waals surface area contributed by atoms with Crippen molar-refractivity contribution in [2.75, 3.05) is 33.0 Å². The van der Waals surface area contributed by atoms with Crippen molar-refractivity contribution in [3.05, 3.63) is 0 Å². The van der Waals surface area contributed by atoms with Crippen LogP contribution in [0.1, 0.15) is 72.6 Å². The lowest BCUT2D eigenvalue weighted by atomic mass is 9.98. The highest BCUT2D eigenvalue weighted by molar-refractivity contribution is 4.92. The van der Waals surface area contributed by atoms with Gasteiger partial charge in [0, 0.05) is 26.4 Å². The lowest BCUT2D eigenvalue weighted by Crippen LogP contribution is -2.61. The van der Waals surface area contributed by atoms with Gasteiger partial charge < -0.3 is 28.8 Å². The van der Waals surface area contributed by atoms with Crippen LogP contribution in [0.15, 0.2) is 0 Å². The van der Waals surface area contributed by atoms with Crippen molar-refractivity contribution in [1.29, 1.82) is 0 Å². The highest BCUT2D eigenvalue weighted by Gasteiger charge is 2.47. The van der Waals surface area contributed by atoms with Gasteiger partial charge in [0.15, 0.2) is 6.29 Å². The molecule has 162 valence electrons. The van der Waals surface area contributed by atoms with Crippen molar-refractivity contribution in [3.8, 4) is 0 Å². The molecule has 1 aliphatic heterocycles. The van der Waals surface area contributed by atoms with E-state index in [4.69, 9.17) is 23.7 Å². The number of aliphatic hydroxyl groups is 1. The van der Waals surface area contributed by atoms with Crippen molar-refractivity contribution in [2.45, 2.75) is 103 Å². The van der Waals surface area contributed by atoms with Gasteiger partial charge in [0.05, 0.1) is 6.61 Å². The Balaban J connectivity index is 2.86. The first kappa shape index (κ1) is 24.8. The summed E-state index contributed by atoms with van der Waals surface area (Å²) in [5.74, 6) is 0. The SMILES string of the molecule is CCCCOC1C(OCCCC)[C@@H](O)OC(COCCC)[C@@H]1OCCCC. The molecular weight excluding hydrogens is 348 g/mol. The van der Waals surface area contributed by atoms with E-state index in [2.05, 4.69) is 27.7 Å². The molecule has 1 heterocycles. The minimum Gasteiger partial charge on any atom is -0.379 e. The molecule has 0 aromatic rings. The predicted octanol–water partition coefficient (Wildman–Crippen LogP) is 3.69. The summed E-state index contributed by atoms with van der Waals surface area (Å²) in [5.41, 5.74) is 0. The highest BCUT2D eigenvalue weighted by atomic mass is 16.7. The van der Waals surface area contributed by atoms with E-state index in [9.17, 15) is 5.11 Å². The molecular formula is C21H42O6. The van der Waals surface area contributed by atoms with E-state index in [1.54, 1.807) is 0 Å². The van der Waals surface area contributed by atoms with Gasteiger partial charge in [-0.1, -0.05) is 47.0 Å². The Morgan fingerprint density at radius 1 is 0.667 bits per heavy atom. The van der Waals surface area contributed by atoms with Gasteiger partial charge in [0.1, 0.15) is 24.4 Å². The van der Waals surface area contributed by atoms with Crippen LogP contribution in [0, 0.1) is 0 Å². The Morgan fingerprint density at radius 3 is 1.70 bits per heavy atom. The quantitative estimate of drug-likeness (QED) is 0.406. The maximum Gasteiger partial charge on any atom is 0.184 e. The van der Waals surface area contributed by atoms with E-state index < -0.39 is 12.4 Å². The molecule has 1 N–H and O–H groups in total. The zero-order valence-corrected chi connectivity index (χ0v) is 17.9. The van der Waals surface area contributed by atoms with Crippen LogP contribution < -0.4 is 0 Å². The molecule has 0 aromatic carbocycles. The van der Waals surface area contributed by atoms with Crippen molar-refractivity contribution >= 4 is 0 Å². The normalized spacial score (nSPS) is 28.6. The average Bonchev–Trinajstić information content (AvgIpc) is 2.66. The number of rotatable bonds is 16. The van der Waals surface area contributed by atoms with E-state index in [-0.39, 0.29) is 18.3 Å². The summed E-state index contributed by atoms with van der Waals surface area (Å²) in [4.78, 5) is 0. The molecule has 0 aliphatic carbocycles. The number of hydrogen-bond acceptors (Lipinski definition) is 6. The number of hydrogen-bond donors (Lipinski definition) is 1. The molecule has 1 rings (SSSR count). The minimum atomic E-state index is -1.03. The third kappa shape index (κ3) is 9.20. The first-order valence-corrected chi connectivity index (χ1v) is 11.0. The standard InChI is InChI=1S/C21H42O6/c1-5-9-13-24-18-17(16-23-12-8-4)27-21(22)20(26-15-11-7-3)19(18)25-14-10-6-2/h17-22H,5-16H2,1-4H3/t17?,18-,19?,20?,21-/m0/s1. The maximum atomic E-state index is 10.6. The molecule has 6 nitrogen and oxygen atoms in total.